The second kappa shape index (κ2) is 4.19. The predicted molar refractivity (Wildman–Crippen MR) is 65.7 cm³/mol. The summed E-state index contributed by atoms with van der Waals surface area (Å²) in [6.45, 7) is 5.72. The number of nitrogens with zero attached hydrogens (tertiary/aromatic N) is 1. The first-order valence-electron chi connectivity index (χ1n) is 5.66. The van der Waals surface area contributed by atoms with Crippen molar-refractivity contribution in [3.05, 3.63) is 42.0 Å². The Bertz CT molecular complexity index is 353. The van der Waals surface area contributed by atoms with E-state index in [9.17, 15) is 0 Å². The van der Waals surface area contributed by atoms with Gasteiger partial charge in [0, 0.05) is 12.6 Å². The third kappa shape index (κ3) is 2.13. The molecule has 1 heterocycles. The molecule has 2 atom stereocenters. The number of hydrogen-bond donors (Lipinski definition) is 0. The fourth-order valence-corrected chi connectivity index (χ4v) is 2.26. The van der Waals surface area contributed by atoms with Crippen molar-refractivity contribution in [1.82, 2.24) is 4.90 Å². The maximum atomic E-state index is 2.40. The molecule has 0 bridgehead atoms. The number of benzene rings is 1. The van der Waals surface area contributed by atoms with Gasteiger partial charge in [-0.1, -0.05) is 43.3 Å². The van der Waals surface area contributed by atoms with Crippen LogP contribution in [-0.2, 0) is 0 Å². The molecule has 0 N–H and O–H groups in total. The molecule has 2 rings (SSSR count). The van der Waals surface area contributed by atoms with Crippen LogP contribution in [0.5, 0.6) is 0 Å². The molecule has 0 radical (unpaired) electrons. The topological polar surface area (TPSA) is 3.24 Å². The zero-order valence-electron chi connectivity index (χ0n) is 9.77. The fourth-order valence-electron chi connectivity index (χ4n) is 2.26. The van der Waals surface area contributed by atoms with Gasteiger partial charge in [0.25, 0.3) is 0 Å². The fraction of sp³-hybridized carbons (Fsp3) is 0.429. The van der Waals surface area contributed by atoms with Crippen molar-refractivity contribution in [1.29, 1.82) is 0 Å². The summed E-state index contributed by atoms with van der Waals surface area (Å²) in [6.07, 6.45) is 2.39. The lowest BCUT2D eigenvalue weighted by Gasteiger charge is -2.33. The average Bonchev–Trinajstić information content (AvgIpc) is 2.25. The van der Waals surface area contributed by atoms with Crippen molar-refractivity contribution >= 4 is 5.57 Å². The number of likely N-dealkylation sites (N-methyl/N-ethyl adjacent to an activating group) is 1. The van der Waals surface area contributed by atoms with Gasteiger partial charge in [0.1, 0.15) is 0 Å². The first-order chi connectivity index (χ1) is 7.18. The summed E-state index contributed by atoms with van der Waals surface area (Å²) in [6, 6.07) is 11.3. The number of rotatable bonds is 1. The summed E-state index contributed by atoms with van der Waals surface area (Å²) in [5, 5.41) is 0. The molecule has 0 saturated carbocycles. The number of hydrogen-bond acceptors (Lipinski definition) is 1. The van der Waals surface area contributed by atoms with Gasteiger partial charge >= 0.3 is 0 Å². The molecular formula is C14H19N. The lowest BCUT2D eigenvalue weighted by Crippen LogP contribution is -2.36. The van der Waals surface area contributed by atoms with Crippen LogP contribution in [0.25, 0.3) is 5.57 Å². The summed E-state index contributed by atoms with van der Waals surface area (Å²) in [4.78, 5) is 2.40. The molecule has 15 heavy (non-hydrogen) atoms. The third-order valence-electron chi connectivity index (χ3n) is 3.32. The minimum absolute atomic E-state index is 0.552. The highest BCUT2D eigenvalue weighted by atomic mass is 15.1. The van der Waals surface area contributed by atoms with E-state index < -0.39 is 0 Å². The second-order valence-corrected chi connectivity index (χ2v) is 4.57. The van der Waals surface area contributed by atoms with Crippen LogP contribution in [0.3, 0.4) is 0 Å². The Kier molecular flexibility index (Phi) is 2.92. The maximum Gasteiger partial charge on any atom is 0.0253 e. The van der Waals surface area contributed by atoms with Gasteiger partial charge in [-0.15, -0.1) is 0 Å². The smallest absolute Gasteiger partial charge is 0.0253 e. The summed E-state index contributed by atoms with van der Waals surface area (Å²) >= 11 is 0. The van der Waals surface area contributed by atoms with Crippen molar-refractivity contribution in [2.75, 3.05) is 13.6 Å². The Balaban J connectivity index is 2.33. The van der Waals surface area contributed by atoms with Crippen LogP contribution in [0, 0.1) is 5.92 Å². The van der Waals surface area contributed by atoms with Gasteiger partial charge in [0.15, 0.2) is 0 Å². The van der Waals surface area contributed by atoms with Crippen LogP contribution in [0.4, 0.5) is 0 Å². The molecule has 1 aromatic rings. The van der Waals surface area contributed by atoms with Crippen LogP contribution in [0.2, 0.25) is 0 Å². The van der Waals surface area contributed by atoms with Crippen molar-refractivity contribution < 1.29 is 0 Å². The lowest BCUT2D eigenvalue weighted by molar-refractivity contribution is 0.264. The Labute approximate surface area is 92.4 Å². The summed E-state index contributed by atoms with van der Waals surface area (Å²) in [5.74, 6) is 0.633. The Morgan fingerprint density at radius 3 is 2.47 bits per heavy atom. The normalized spacial score (nSPS) is 27.5. The first-order valence-corrected chi connectivity index (χ1v) is 5.66. The van der Waals surface area contributed by atoms with Gasteiger partial charge in [-0.3, -0.25) is 4.90 Å². The van der Waals surface area contributed by atoms with E-state index in [1.54, 1.807) is 0 Å². The van der Waals surface area contributed by atoms with Crippen LogP contribution >= 0.6 is 0 Å². The molecule has 0 fully saturated rings. The van der Waals surface area contributed by atoms with Gasteiger partial charge in [-0.05, 0) is 31.0 Å². The molecule has 0 unspecified atom stereocenters. The van der Waals surface area contributed by atoms with Gasteiger partial charge in [-0.2, -0.15) is 0 Å². The predicted octanol–water partition coefficient (Wildman–Crippen LogP) is 3.04. The summed E-state index contributed by atoms with van der Waals surface area (Å²) < 4.78 is 0. The quantitative estimate of drug-likeness (QED) is 0.675. The third-order valence-corrected chi connectivity index (χ3v) is 3.32. The van der Waals surface area contributed by atoms with Crippen molar-refractivity contribution in [3.8, 4) is 0 Å². The molecule has 1 heteroatoms. The Morgan fingerprint density at radius 1 is 1.13 bits per heavy atom. The minimum atomic E-state index is 0.552. The van der Waals surface area contributed by atoms with E-state index in [0.717, 1.165) is 6.54 Å². The highest BCUT2D eigenvalue weighted by molar-refractivity contribution is 5.68. The molecular weight excluding hydrogens is 182 g/mol. The van der Waals surface area contributed by atoms with Crippen LogP contribution < -0.4 is 0 Å². The maximum absolute atomic E-state index is 2.40. The van der Waals surface area contributed by atoms with Gasteiger partial charge in [0.2, 0.25) is 0 Å². The van der Waals surface area contributed by atoms with E-state index in [2.05, 4.69) is 62.2 Å². The van der Waals surface area contributed by atoms with E-state index >= 15 is 0 Å². The van der Waals surface area contributed by atoms with Crippen LogP contribution in [0.15, 0.2) is 36.4 Å². The molecule has 0 aliphatic carbocycles. The molecule has 0 spiro atoms. The monoisotopic (exact) mass is 201 g/mol. The molecule has 0 amide bonds. The molecule has 1 aromatic carbocycles. The molecule has 1 nitrogen and oxygen atoms in total. The lowest BCUT2D eigenvalue weighted by atomic mass is 9.88. The van der Waals surface area contributed by atoms with Crippen molar-refractivity contribution in [3.63, 3.8) is 0 Å². The van der Waals surface area contributed by atoms with Crippen LogP contribution in [0.1, 0.15) is 19.4 Å². The van der Waals surface area contributed by atoms with Gasteiger partial charge in [-0.25, -0.2) is 0 Å². The molecule has 1 aliphatic heterocycles. The van der Waals surface area contributed by atoms with Gasteiger partial charge in [0.05, 0.1) is 0 Å². The standard InChI is InChI=1S/C14H19N/c1-11-10-15(3)12(2)9-14(11)13-7-5-4-6-8-13/h4-9,11-12H,10H2,1-3H3/t11-,12+/m0/s1. The zero-order chi connectivity index (χ0) is 10.8. The Hall–Kier alpha value is -1.08. The summed E-state index contributed by atoms with van der Waals surface area (Å²) in [7, 11) is 2.19. The van der Waals surface area contributed by atoms with Crippen LogP contribution in [-0.4, -0.2) is 24.5 Å². The zero-order valence-corrected chi connectivity index (χ0v) is 9.77. The first kappa shape index (κ1) is 10.4. The van der Waals surface area contributed by atoms with E-state index in [-0.39, 0.29) is 0 Å². The van der Waals surface area contributed by atoms with Crippen molar-refractivity contribution in [2.45, 2.75) is 19.9 Å². The van der Waals surface area contributed by atoms with E-state index in [1.807, 2.05) is 0 Å². The highest BCUT2D eigenvalue weighted by Gasteiger charge is 2.21. The Morgan fingerprint density at radius 2 is 1.80 bits per heavy atom. The van der Waals surface area contributed by atoms with E-state index in [0.29, 0.717) is 12.0 Å². The highest BCUT2D eigenvalue weighted by Crippen LogP contribution is 2.28. The summed E-state index contributed by atoms with van der Waals surface area (Å²) in [5.41, 5.74) is 2.88. The van der Waals surface area contributed by atoms with Gasteiger partial charge < -0.3 is 0 Å². The molecule has 0 aromatic heterocycles. The largest absolute Gasteiger partial charge is 0.300 e. The van der Waals surface area contributed by atoms with E-state index in [1.165, 1.54) is 11.1 Å². The van der Waals surface area contributed by atoms with Crippen molar-refractivity contribution in [2.24, 2.45) is 5.92 Å². The minimum Gasteiger partial charge on any atom is -0.300 e. The average molecular weight is 201 g/mol. The second-order valence-electron chi connectivity index (χ2n) is 4.57. The van der Waals surface area contributed by atoms with E-state index in [4.69, 9.17) is 0 Å². The molecule has 80 valence electrons. The molecule has 0 saturated heterocycles. The SMILES string of the molecule is C[C@@H]1C=C(c2ccccc2)[C@@H](C)CN1C. The molecule has 1 aliphatic rings.